The number of nitrogens with zero attached hydrogens (tertiary/aromatic N) is 1. The minimum Gasteiger partial charge on any atom is -0.469 e. The molecule has 9 heteroatoms. The number of amides is 1. The third-order valence-electron chi connectivity index (χ3n) is 10.0. The summed E-state index contributed by atoms with van der Waals surface area (Å²) in [4.78, 5) is 55.6. The largest absolute Gasteiger partial charge is 0.469 e. The minimum atomic E-state index is -0.937. The Kier molecular flexibility index (Phi) is 9.25. The molecule has 4 aliphatic rings. The van der Waals surface area contributed by atoms with Gasteiger partial charge in [-0.2, -0.15) is 0 Å². The van der Waals surface area contributed by atoms with Crippen molar-refractivity contribution < 1.29 is 33.4 Å². The number of rotatable bonds is 12. The Hall–Kier alpha value is -2.52. The fourth-order valence-electron chi connectivity index (χ4n) is 7.17. The van der Waals surface area contributed by atoms with Gasteiger partial charge in [0.25, 0.3) is 0 Å². The molecule has 1 aliphatic heterocycles. The monoisotopic (exact) mass is 657 g/mol. The van der Waals surface area contributed by atoms with E-state index in [1.54, 1.807) is 11.0 Å². The summed E-state index contributed by atoms with van der Waals surface area (Å²) in [6.45, 7) is 10.2. The van der Waals surface area contributed by atoms with Crippen LogP contribution >= 0.6 is 15.9 Å². The molecule has 1 aromatic rings. The summed E-state index contributed by atoms with van der Waals surface area (Å²) in [5, 5.41) is 0. The van der Waals surface area contributed by atoms with Crippen molar-refractivity contribution in [2.45, 2.75) is 90.6 Å². The molecule has 1 unspecified atom stereocenters. The van der Waals surface area contributed by atoms with Crippen LogP contribution in [-0.4, -0.2) is 60.4 Å². The van der Waals surface area contributed by atoms with Gasteiger partial charge in [-0.05, 0) is 66.5 Å². The Morgan fingerprint density at radius 1 is 1.07 bits per heavy atom. The number of allylic oxidation sites excluding steroid dienone is 1. The summed E-state index contributed by atoms with van der Waals surface area (Å²) in [6, 6.07) is 7.03. The fraction of sp³-hybridized carbons (Fsp3) is 0.647. The number of Topliss-reactive ketones (excluding diaryl/α,β-unsaturated/α-hetero) is 1. The number of carbonyl (C=O) groups is 4. The maximum Gasteiger partial charge on any atom is 0.312 e. The first kappa shape index (κ1) is 31.9. The standard InChI is InChI=1S/C34H44BrNO7/c1-6-23-16-34(23,32(40)41-5)17-29(37)28-14-26(42-19-20-7-9-24(35)10-8-20)18-36(28)31(39)27(33(2,3)4)15-30(38)43-25-12-21-11-22(21)13-25/h6-10,21-23,25-28H,1,11-19H2,2-5H3/t21-,22+,23-,25?,26+,27-,28+,34+/m1/s1. The van der Waals surface area contributed by atoms with E-state index in [1.165, 1.54) is 13.5 Å². The second-order valence-electron chi connectivity index (χ2n) is 14.1. The molecule has 0 N–H and O–H groups in total. The van der Waals surface area contributed by atoms with Crippen molar-refractivity contribution in [1.29, 1.82) is 0 Å². The predicted octanol–water partition coefficient (Wildman–Crippen LogP) is 5.65. The first-order valence-electron chi connectivity index (χ1n) is 15.4. The zero-order valence-corrected chi connectivity index (χ0v) is 27.3. The SMILES string of the molecule is C=C[C@@H]1C[C@@]1(CC(=O)[C@@H]1C[C@H](OCc2ccc(Br)cc2)CN1C(=O)[C@@H](CC(=O)OC1C[C@@H]2C[C@@H]2C1)C(C)(C)C)C(=O)OC. The van der Waals surface area contributed by atoms with Crippen LogP contribution in [0.15, 0.2) is 41.4 Å². The molecule has 234 valence electrons. The summed E-state index contributed by atoms with van der Waals surface area (Å²) in [6.07, 6.45) is 5.08. The molecule has 3 saturated carbocycles. The van der Waals surface area contributed by atoms with E-state index in [0.29, 0.717) is 31.3 Å². The number of halogens is 1. The fourth-order valence-corrected chi connectivity index (χ4v) is 7.43. The van der Waals surface area contributed by atoms with E-state index in [-0.39, 0.29) is 55.2 Å². The third-order valence-corrected chi connectivity index (χ3v) is 10.6. The molecular formula is C34H44BrNO7. The Bertz CT molecular complexity index is 1250. The van der Waals surface area contributed by atoms with Gasteiger partial charge in [0, 0.05) is 23.9 Å². The summed E-state index contributed by atoms with van der Waals surface area (Å²) < 4.78 is 18.1. The molecule has 0 radical (unpaired) electrons. The van der Waals surface area contributed by atoms with Gasteiger partial charge in [0.1, 0.15) is 6.10 Å². The lowest BCUT2D eigenvalue weighted by atomic mass is 9.77. The van der Waals surface area contributed by atoms with E-state index in [4.69, 9.17) is 14.2 Å². The highest BCUT2D eigenvalue weighted by atomic mass is 79.9. The van der Waals surface area contributed by atoms with Gasteiger partial charge < -0.3 is 19.1 Å². The number of ether oxygens (including phenoxy) is 3. The Morgan fingerprint density at radius 3 is 2.33 bits per heavy atom. The molecule has 4 fully saturated rings. The number of carbonyl (C=O) groups excluding carboxylic acids is 4. The predicted molar refractivity (Wildman–Crippen MR) is 163 cm³/mol. The van der Waals surface area contributed by atoms with Gasteiger partial charge in [0.05, 0.1) is 43.6 Å². The molecule has 0 aromatic heterocycles. The second kappa shape index (κ2) is 12.5. The molecule has 1 heterocycles. The first-order valence-corrected chi connectivity index (χ1v) is 16.2. The molecule has 5 rings (SSSR count). The van der Waals surface area contributed by atoms with Gasteiger partial charge >= 0.3 is 11.9 Å². The lowest BCUT2D eigenvalue weighted by molar-refractivity contribution is -0.157. The maximum absolute atomic E-state index is 14.3. The van der Waals surface area contributed by atoms with Crippen molar-refractivity contribution in [1.82, 2.24) is 4.90 Å². The molecule has 43 heavy (non-hydrogen) atoms. The van der Waals surface area contributed by atoms with Gasteiger partial charge in [0.2, 0.25) is 5.91 Å². The first-order chi connectivity index (χ1) is 20.3. The number of methoxy groups -OCH3 is 1. The van der Waals surface area contributed by atoms with E-state index in [9.17, 15) is 19.2 Å². The van der Waals surface area contributed by atoms with Crippen molar-refractivity contribution in [3.63, 3.8) is 0 Å². The second-order valence-corrected chi connectivity index (χ2v) is 15.0. The molecule has 3 aliphatic carbocycles. The van der Waals surface area contributed by atoms with Crippen LogP contribution in [0.25, 0.3) is 0 Å². The number of esters is 2. The van der Waals surface area contributed by atoms with Crippen molar-refractivity contribution in [2.75, 3.05) is 13.7 Å². The quantitative estimate of drug-likeness (QED) is 0.211. The highest BCUT2D eigenvalue weighted by Crippen LogP contribution is 2.57. The van der Waals surface area contributed by atoms with E-state index < -0.39 is 28.8 Å². The van der Waals surface area contributed by atoms with Crippen LogP contribution in [0.3, 0.4) is 0 Å². The van der Waals surface area contributed by atoms with Crippen molar-refractivity contribution in [3.8, 4) is 0 Å². The zero-order chi connectivity index (χ0) is 31.1. The van der Waals surface area contributed by atoms with Gasteiger partial charge in [-0.3, -0.25) is 19.2 Å². The average Bonchev–Trinajstić information content (AvgIpc) is 3.76. The van der Waals surface area contributed by atoms with Crippen LogP contribution in [0.2, 0.25) is 0 Å². The van der Waals surface area contributed by atoms with Gasteiger partial charge in [-0.15, -0.1) is 6.58 Å². The third kappa shape index (κ3) is 7.08. The Labute approximate surface area is 263 Å². The molecular weight excluding hydrogens is 614 g/mol. The highest BCUT2D eigenvalue weighted by molar-refractivity contribution is 9.10. The van der Waals surface area contributed by atoms with Crippen LogP contribution in [0.1, 0.15) is 71.3 Å². The number of ketones is 1. The molecule has 8 atom stereocenters. The van der Waals surface area contributed by atoms with Crippen LogP contribution in [-0.2, 0) is 40.0 Å². The number of hydrogen-bond donors (Lipinski definition) is 0. The summed E-state index contributed by atoms with van der Waals surface area (Å²) >= 11 is 3.44. The van der Waals surface area contributed by atoms with Gasteiger partial charge in [-0.1, -0.05) is 54.9 Å². The smallest absolute Gasteiger partial charge is 0.312 e. The molecule has 8 nitrogen and oxygen atoms in total. The number of hydrogen-bond acceptors (Lipinski definition) is 7. The molecule has 1 saturated heterocycles. The summed E-state index contributed by atoms with van der Waals surface area (Å²) in [5.74, 6) is -0.683. The Morgan fingerprint density at radius 2 is 1.74 bits per heavy atom. The summed E-state index contributed by atoms with van der Waals surface area (Å²) in [7, 11) is 1.33. The number of likely N-dealkylation sites (tertiary alicyclic amines) is 1. The van der Waals surface area contributed by atoms with E-state index >= 15 is 0 Å². The molecule has 0 spiro atoms. The lowest BCUT2D eigenvalue weighted by Crippen LogP contribution is -2.48. The maximum atomic E-state index is 14.3. The van der Waals surface area contributed by atoms with E-state index in [0.717, 1.165) is 22.9 Å². The van der Waals surface area contributed by atoms with Crippen LogP contribution in [0.5, 0.6) is 0 Å². The van der Waals surface area contributed by atoms with E-state index in [1.807, 2.05) is 45.0 Å². The minimum absolute atomic E-state index is 0.0313. The van der Waals surface area contributed by atoms with Crippen molar-refractivity contribution in [3.05, 3.63) is 47.0 Å². The lowest BCUT2D eigenvalue weighted by Gasteiger charge is -2.35. The van der Waals surface area contributed by atoms with Crippen molar-refractivity contribution >= 4 is 39.6 Å². The van der Waals surface area contributed by atoms with Crippen LogP contribution < -0.4 is 0 Å². The average molecular weight is 659 g/mol. The molecule has 1 aromatic carbocycles. The summed E-state index contributed by atoms with van der Waals surface area (Å²) in [5.41, 5.74) is -0.504. The van der Waals surface area contributed by atoms with Gasteiger partial charge in [-0.25, -0.2) is 0 Å². The normalized spacial score (nSPS) is 31.6. The number of fused-ring (bicyclic) bond motifs is 1. The number of benzene rings is 1. The Balaban J connectivity index is 1.32. The van der Waals surface area contributed by atoms with Gasteiger partial charge in [0.15, 0.2) is 5.78 Å². The topological polar surface area (TPSA) is 99.2 Å². The van der Waals surface area contributed by atoms with Crippen LogP contribution in [0, 0.1) is 34.5 Å². The van der Waals surface area contributed by atoms with E-state index in [2.05, 4.69) is 22.5 Å². The molecule has 0 bridgehead atoms. The van der Waals surface area contributed by atoms with Crippen LogP contribution in [0.4, 0.5) is 0 Å². The van der Waals surface area contributed by atoms with Crippen molar-refractivity contribution in [2.24, 2.45) is 34.5 Å². The highest BCUT2D eigenvalue weighted by Gasteiger charge is 2.61. The molecule has 1 amide bonds. The zero-order valence-electron chi connectivity index (χ0n) is 25.7.